The zero-order chi connectivity index (χ0) is 25.5. The summed E-state index contributed by atoms with van der Waals surface area (Å²) in [6.07, 6.45) is 3.95. The Morgan fingerprint density at radius 2 is 1.57 bits per heavy atom. The van der Waals surface area contributed by atoms with Crippen molar-refractivity contribution >= 4 is 11.9 Å². The third-order valence-corrected chi connectivity index (χ3v) is 8.52. The van der Waals surface area contributed by atoms with E-state index in [1.165, 1.54) is 22.3 Å². The maximum Gasteiger partial charge on any atom is 0.410 e. The minimum absolute atomic E-state index is 0.0246. The molecule has 2 saturated heterocycles. The first kappa shape index (κ1) is 23.5. The number of ether oxygens (including phenoxy) is 1. The number of carbonyl (C=O) groups excluding carboxylic acids is 2. The molecule has 5 nitrogen and oxygen atoms in total. The SMILES string of the molecule is Cc1cc(C(=O)C2CC3CCCC(C2)N3C(=O)OCC2c3ccccc3-c3ccccc32)ccc1C#N. The Morgan fingerprint density at radius 3 is 2.16 bits per heavy atom. The summed E-state index contributed by atoms with van der Waals surface area (Å²) in [5, 5.41) is 9.21. The zero-order valence-corrected chi connectivity index (χ0v) is 21.0. The topological polar surface area (TPSA) is 70.4 Å². The van der Waals surface area contributed by atoms with Crippen molar-refractivity contribution in [3.63, 3.8) is 0 Å². The van der Waals surface area contributed by atoms with Crippen LogP contribution in [-0.2, 0) is 4.74 Å². The molecule has 1 amide bonds. The van der Waals surface area contributed by atoms with Crippen molar-refractivity contribution in [1.82, 2.24) is 4.90 Å². The number of benzene rings is 3. The van der Waals surface area contributed by atoms with Crippen LogP contribution in [0.3, 0.4) is 0 Å². The van der Waals surface area contributed by atoms with Gasteiger partial charge in [0.25, 0.3) is 0 Å². The van der Waals surface area contributed by atoms with E-state index in [1.807, 2.05) is 30.0 Å². The van der Waals surface area contributed by atoms with Gasteiger partial charge in [0.15, 0.2) is 5.78 Å². The normalized spacial score (nSPS) is 22.1. The van der Waals surface area contributed by atoms with Crippen LogP contribution in [0.1, 0.15) is 70.6 Å². The fraction of sp³-hybridized carbons (Fsp3) is 0.344. The molecule has 0 aromatic heterocycles. The second-order valence-corrected chi connectivity index (χ2v) is 10.6. The molecule has 2 atom stereocenters. The van der Waals surface area contributed by atoms with Crippen LogP contribution in [0.15, 0.2) is 66.7 Å². The lowest BCUT2D eigenvalue weighted by Gasteiger charge is -2.47. The van der Waals surface area contributed by atoms with Crippen LogP contribution in [0.5, 0.6) is 0 Å². The van der Waals surface area contributed by atoms with E-state index in [0.717, 1.165) is 24.8 Å². The molecule has 0 spiro atoms. The maximum absolute atomic E-state index is 13.4. The Labute approximate surface area is 217 Å². The van der Waals surface area contributed by atoms with Crippen molar-refractivity contribution in [2.24, 2.45) is 5.92 Å². The third kappa shape index (κ3) is 4.11. The largest absolute Gasteiger partial charge is 0.448 e. The molecule has 2 aliphatic heterocycles. The fourth-order valence-electron chi connectivity index (χ4n) is 6.74. The van der Waals surface area contributed by atoms with Crippen molar-refractivity contribution in [2.75, 3.05) is 6.61 Å². The van der Waals surface area contributed by atoms with Crippen molar-refractivity contribution in [2.45, 2.75) is 57.0 Å². The number of nitriles is 1. The van der Waals surface area contributed by atoms with E-state index in [4.69, 9.17) is 4.74 Å². The number of carbonyl (C=O) groups is 2. The molecule has 37 heavy (non-hydrogen) atoms. The number of rotatable bonds is 4. The molecule has 0 N–H and O–H groups in total. The van der Waals surface area contributed by atoms with Gasteiger partial charge in [-0.2, -0.15) is 5.26 Å². The molecule has 3 aliphatic rings. The number of nitrogens with zero attached hydrogens (tertiary/aromatic N) is 2. The second kappa shape index (κ2) is 9.52. The highest BCUT2D eigenvalue weighted by Gasteiger charge is 2.44. The predicted octanol–water partition coefficient (Wildman–Crippen LogP) is 6.63. The quantitative estimate of drug-likeness (QED) is 0.385. The molecule has 2 fully saturated rings. The highest BCUT2D eigenvalue weighted by Crippen LogP contribution is 2.45. The van der Waals surface area contributed by atoms with E-state index in [9.17, 15) is 14.9 Å². The smallest absolute Gasteiger partial charge is 0.410 e. The highest BCUT2D eigenvalue weighted by molar-refractivity contribution is 5.98. The Balaban J connectivity index is 1.16. The average Bonchev–Trinajstić information content (AvgIpc) is 3.24. The standard InChI is InChI=1S/C32H30N2O3/c1-20-15-21(13-14-22(20)18-33)31(35)23-16-24-7-6-8-25(17-23)34(24)32(36)37-19-30-28-11-4-2-9-26(28)27-10-3-5-12-29(27)30/h2-5,9-15,23-25,30H,6-8,16-17,19H2,1H3. The summed E-state index contributed by atoms with van der Waals surface area (Å²) in [5.74, 6) is 0.0480. The van der Waals surface area contributed by atoms with Gasteiger partial charge in [-0.05, 0) is 79.0 Å². The van der Waals surface area contributed by atoms with Crippen LogP contribution in [0, 0.1) is 24.2 Å². The first-order valence-corrected chi connectivity index (χ1v) is 13.2. The molecule has 0 radical (unpaired) electrons. The lowest BCUT2D eigenvalue weighted by atomic mass is 9.75. The minimum Gasteiger partial charge on any atom is -0.448 e. The van der Waals surface area contributed by atoms with Crippen molar-refractivity contribution in [1.29, 1.82) is 5.26 Å². The highest BCUT2D eigenvalue weighted by atomic mass is 16.6. The van der Waals surface area contributed by atoms with Gasteiger partial charge in [-0.3, -0.25) is 4.79 Å². The van der Waals surface area contributed by atoms with E-state index in [-0.39, 0.29) is 35.8 Å². The average molecular weight is 491 g/mol. The van der Waals surface area contributed by atoms with Crippen LogP contribution >= 0.6 is 0 Å². The van der Waals surface area contributed by atoms with Crippen molar-refractivity contribution < 1.29 is 14.3 Å². The molecule has 6 rings (SSSR count). The molecule has 186 valence electrons. The van der Waals surface area contributed by atoms with Crippen LogP contribution in [0.2, 0.25) is 0 Å². The minimum atomic E-state index is -0.253. The van der Waals surface area contributed by atoms with Gasteiger partial charge in [0.05, 0.1) is 11.6 Å². The lowest BCUT2D eigenvalue weighted by Crippen LogP contribution is -2.55. The Kier molecular flexibility index (Phi) is 6.04. The molecule has 1 aliphatic carbocycles. The number of hydrogen-bond donors (Lipinski definition) is 0. The second-order valence-electron chi connectivity index (χ2n) is 10.6. The number of amides is 1. The fourth-order valence-corrected chi connectivity index (χ4v) is 6.74. The van der Waals surface area contributed by atoms with Gasteiger partial charge in [-0.1, -0.05) is 54.6 Å². The number of fused-ring (bicyclic) bond motifs is 5. The van der Waals surface area contributed by atoms with Crippen LogP contribution in [0.25, 0.3) is 11.1 Å². The Bertz CT molecular complexity index is 1360. The number of piperidine rings is 2. The van der Waals surface area contributed by atoms with Gasteiger partial charge in [0.1, 0.15) is 6.61 Å². The Morgan fingerprint density at radius 1 is 0.946 bits per heavy atom. The van der Waals surface area contributed by atoms with E-state index < -0.39 is 0 Å². The molecular formula is C32H30N2O3. The molecular weight excluding hydrogens is 460 g/mol. The lowest BCUT2D eigenvalue weighted by molar-refractivity contribution is 0.00651. The zero-order valence-electron chi connectivity index (χ0n) is 21.0. The van der Waals surface area contributed by atoms with Crippen molar-refractivity contribution in [3.8, 4) is 17.2 Å². The maximum atomic E-state index is 13.4. The number of Topliss-reactive ketones (excluding diaryl/α,β-unsaturated/α-hetero) is 1. The van der Waals surface area contributed by atoms with E-state index in [0.29, 0.717) is 30.6 Å². The molecule has 3 aromatic carbocycles. The van der Waals surface area contributed by atoms with Gasteiger partial charge in [-0.25, -0.2) is 4.79 Å². The van der Waals surface area contributed by atoms with E-state index in [1.54, 1.807) is 12.1 Å². The van der Waals surface area contributed by atoms with Crippen LogP contribution < -0.4 is 0 Å². The van der Waals surface area contributed by atoms with E-state index >= 15 is 0 Å². The van der Waals surface area contributed by atoms with Crippen LogP contribution in [-0.4, -0.2) is 35.5 Å². The molecule has 5 heteroatoms. The predicted molar refractivity (Wildman–Crippen MR) is 141 cm³/mol. The summed E-state index contributed by atoms with van der Waals surface area (Å²) >= 11 is 0. The van der Waals surface area contributed by atoms with Crippen molar-refractivity contribution in [3.05, 3.63) is 94.5 Å². The first-order chi connectivity index (χ1) is 18.0. The monoisotopic (exact) mass is 490 g/mol. The summed E-state index contributed by atoms with van der Waals surface area (Å²) in [6.45, 7) is 2.18. The van der Waals surface area contributed by atoms with Gasteiger partial charge in [-0.15, -0.1) is 0 Å². The summed E-state index contributed by atoms with van der Waals surface area (Å²) in [6, 6.07) is 24.3. The number of hydrogen-bond acceptors (Lipinski definition) is 4. The Hall–Kier alpha value is -3.91. The van der Waals surface area contributed by atoms with Crippen LogP contribution in [0.4, 0.5) is 4.79 Å². The molecule has 3 aromatic rings. The summed E-state index contributed by atoms with van der Waals surface area (Å²) in [4.78, 5) is 28.8. The molecule has 0 saturated carbocycles. The number of ketones is 1. The third-order valence-electron chi connectivity index (χ3n) is 8.52. The van der Waals surface area contributed by atoms with Gasteiger partial charge in [0.2, 0.25) is 0 Å². The molecule has 2 unspecified atom stereocenters. The van der Waals surface area contributed by atoms with Gasteiger partial charge in [0, 0.05) is 29.5 Å². The molecule has 2 heterocycles. The summed E-state index contributed by atoms with van der Waals surface area (Å²) in [5.41, 5.74) is 6.93. The molecule has 2 bridgehead atoms. The number of aryl methyl sites for hydroxylation is 1. The summed E-state index contributed by atoms with van der Waals surface area (Å²) < 4.78 is 6.01. The van der Waals surface area contributed by atoms with E-state index in [2.05, 4.69) is 42.5 Å². The first-order valence-electron chi connectivity index (χ1n) is 13.2. The summed E-state index contributed by atoms with van der Waals surface area (Å²) in [7, 11) is 0. The van der Waals surface area contributed by atoms with Gasteiger partial charge < -0.3 is 9.64 Å². The van der Waals surface area contributed by atoms with Gasteiger partial charge >= 0.3 is 6.09 Å².